The maximum atomic E-state index is 5.52. The zero-order valence-corrected chi connectivity index (χ0v) is 11.1. The molecule has 0 amide bonds. The topological polar surface area (TPSA) is 59.1 Å². The molecule has 1 unspecified atom stereocenters. The predicted molar refractivity (Wildman–Crippen MR) is 71.9 cm³/mol. The van der Waals surface area contributed by atoms with E-state index >= 15 is 0 Å². The number of aromatic nitrogens is 2. The van der Waals surface area contributed by atoms with Crippen molar-refractivity contribution in [1.29, 1.82) is 0 Å². The van der Waals surface area contributed by atoms with Crippen molar-refractivity contribution in [1.82, 2.24) is 15.3 Å². The Morgan fingerprint density at radius 3 is 3.11 bits per heavy atom. The molecule has 18 heavy (non-hydrogen) atoms. The second-order valence-corrected chi connectivity index (χ2v) is 5.00. The van der Waals surface area contributed by atoms with E-state index in [2.05, 4.69) is 20.6 Å². The Labute approximate surface area is 108 Å². The molecule has 0 aliphatic carbocycles. The molecular weight excluding hydrogens is 228 g/mol. The summed E-state index contributed by atoms with van der Waals surface area (Å²) >= 11 is 0. The second kappa shape index (κ2) is 6.54. The molecule has 1 aromatic rings. The smallest absolute Gasteiger partial charge is 0.234 e. The standard InChI is InChI=1S/C13H22N4O/c1-10(2)18-13-9-15-8-12(17-13)16-7-11-4-3-5-14-6-11/h8-11,14H,3-7H2,1-2H3,(H,16,17). The molecule has 2 N–H and O–H groups in total. The maximum absolute atomic E-state index is 5.52. The Balaban J connectivity index is 1.84. The number of anilines is 1. The minimum Gasteiger partial charge on any atom is -0.474 e. The third kappa shape index (κ3) is 4.14. The number of ether oxygens (including phenoxy) is 1. The van der Waals surface area contributed by atoms with Gasteiger partial charge in [-0.05, 0) is 45.7 Å². The van der Waals surface area contributed by atoms with Crippen molar-refractivity contribution in [2.75, 3.05) is 25.0 Å². The van der Waals surface area contributed by atoms with Crippen LogP contribution in [0.1, 0.15) is 26.7 Å². The van der Waals surface area contributed by atoms with E-state index in [1.54, 1.807) is 12.4 Å². The highest BCUT2D eigenvalue weighted by Gasteiger charge is 2.12. The van der Waals surface area contributed by atoms with Gasteiger partial charge in [0.15, 0.2) is 0 Å². The van der Waals surface area contributed by atoms with E-state index < -0.39 is 0 Å². The fourth-order valence-electron chi connectivity index (χ4n) is 2.08. The van der Waals surface area contributed by atoms with Crippen LogP contribution in [0.5, 0.6) is 5.88 Å². The molecule has 0 aromatic carbocycles. The summed E-state index contributed by atoms with van der Waals surface area (Å²) in [5.74, 6) is 2.05. The fraction of sp³-hybridized carbons (Fsp3) is 0.692. The van der Waals surface area contributed by atoms with Gasteiger partial charge in [-0.15, -0.1) is 0 Å². The molecule has 1 atom stereocenters. The van der Waals surface area contributed by atoms with Crippen LogP contribution in [0, 0.1) is 5.92 Å². The largest absolute Gasteiger partial charge is 0.474 e. The molecule has 0 saturated carbocycles. The van der Waals surface area contributed by atoms with E-state index in [1.807, 2.05) is 13.8 Å². The van der Waals surface area contributed by atoms with Gasteiger partial charge in [0.1, 0.15) is 5.82 Å². The average Bonchev–Trinajstić information content (AvgIpc) is 2.37. The quantitative estimate of drug-likeness (QED) is 0.832. The van der Waals surface area contributed by atoms with Gasteiger partial charge >= 0.3 is 0 Å². The van der Waals surface area contributed by atoms with Crippen LogP contribution >= 0.6 is 0 Å². The summed E-state index contributed by atoms with van der Waals surface area (Å²) in [5.41, 5.74) is 0. The van der Waals surface area contributed by atoms with Gasteiger partial charge in [-0.25, -0.2) is 0 Å². The Kier molecular flexibility index (Phi) is 4.75. The summed E-state index contributed by atoms with van der Waals surface area (Å²) < 4.78 is 5.52. The summed E-state index contributed by atoms with van der Waals surface area (Å²) in [5, 5.41) is 6.74. The molecule has 2 rings (SSSR count). The zero-order valence-electron chi connectivity index (χ0n) is 11.1. The molecule has 1 saturated heterocycles. The Hall–Kier alpha value is -1.36. The summed E-state index contributed by atoms with van der Waals surface area (Å²) in [7, 11) is 0. The third-order valence-corrected chi connectivity index (χ3v) is 2.94. The summed E-state index contributed by atoms with van der Waals surface area (Å²) in [6.45, 7) is 7.13. The van der Waals surface area contributed by atoms with Gasteiger partial charge in [-0.1, -0.05) is 0 Å². The van der Waals surface area contributed by atoms with Crippen molar-refractivity contribution in [3.05, 3.63) is 12.4 Å². The number of nitrogens with zero attached hydrogens (tertiary/aromatic N) is 2. The van der Waals surface area contributed by atoms with Crippen LogP contribution in [0.4, 0.5) is 5.82 Å². The molecule has 0 radical (unpaired) electrons. The van der Waals surface area contributed by atoms with Crippen LogP contribution in [0.2, 0.25) is 0 Å². The first-order chi connectivity index (χ1) is 8.74. The van der Waals surface area contributed by atoms with Crippen molar-refractivity contribution in [3.63, 3.8) is 0 Å². The summed E-state index contributed by atoms with van der Waals surface area (Å²) in [6, 6.07) is 0. The highest BCUT2D eigenvalue weighted by atomic mass is 16.5. The van der Waals surface area contributed by atoms with E-state index in [-0.39, 0.29) is 6.10 Å². The lowest BCUT2D eigenvalue weighted by Crippen LogP contribution is -2.33. The van der Waals surface area contributed by atoms with Gasteiger partial charge in [0.25, 0.3) is 0 Å². The van der Waals surface area contributed by atoms with Crippen molar-refractivity contribution in [2.24, 2.45) is 5.92 Å². The average molecular weight is 250 g/mol. The van der Waals surface area contributed by atoms with E-state index in [4.69, 9.17) is 4.74 Å². The molecule has 0 bridgehead atoms. The van der Waals surface area contributed by atoms with E-state index in [9.17, 15) is 0 Å². The Morgan fingerprint density at radius 2 is 2.39 bits per heavy atom. The van der Waals surface area contributed by atoms with Crippen molar-refractivity contribution < 1.29 is 4.74 Å². The molecule has 1 aromatic heterocycles. The molecule has 5 nitrogen and oxygen atoms in total. The summed E-state index contributed by atoms with van der Waals surface area (Å²) in [4.78, 5) is 8.52. The van der Waals surface area contributed by atoms with E-state index in [0.717, 1.165) is 25.5 Å². The number of hydrogen-bond acceptors (Lipinski definition) is 5. The second-order valence-electron chi connectivity index (χ2n) is 5.00. The van der Waals surface area contributed by atoms with Crippen LogP contribution in [0.15, 0.2) is 12.4 Å². The molecule has 0 spiro atoms. The minimum atomic E-state index is 0.122. The van der Waals surface area contributed by atoms with Gasteiger partial charge in [0.05, 0.1) is 18.5 Å². The number of piperidine rings is 1. The van der Waals surface area contributed by atoms with Crippen LogP contribution in [-0.4, -0.2) is 35.7 Å². The lowest BCUT2D eigenvalue weighted by Gasteiger charge is -2.23. The van der Waals surface area contributed by atoms with Gasteiger partial charge < -0.3 is 15.4 Å². The van der Waals surface area contributed by atoms with E-state index in [1.165, 1.54) is 12.8 Å². The van der Waals surface area contributed by atoms with Crippen molar-refractivity contribution in [2.45, 2.75) is 32.8 Å². The minimum absolute atomic E-state index is 0.122. The van der Waals surface area contributed by atoms with Crippen molar-refractivity contribution >= 4 is 5.82 Å². The Morgan fingerprint density at radius 1 is 1.50 bits per heavy atom. The van der Waals surface area contributed by atoms with Gasteiger partial charge in [-0.2, -0.15) is 4.98 Å². The monoisotopic (exact) mass is 250 g/mol. The first kappa shape index (κ1) is 13.1. The summed E-state index contributed by atoms with van der Waals surface area (Å²) in [6.07, 6.45) is 6.04. The molecule has 100 valence electrons. The fourth-order valence-corrected chi connectivity index (χ4v) is 2.08. The SMILES string of the molecule is CC(C)Oc1cncc(NCC2CCCNC2)n1. The van der Waals surface area contributed by atoms with E-state index in [0.29, 0.717) is 11.8 Å². The first-order valence-corrected chi connectivity index (χ1v) is 6.67. The molecule has 1 fully saturated rings. The highest BCUT2D eigenvalue weighted by Crippen LogP contribution is 2.13. The van der Waals surface area contributed by atoms with Gasteiger partial charge in [0, 0.05) is 6.54 Å². The lowest BCUT2D eigenvalue weighted by molar-refractivity contribution is 0.232. The highest BCUT2D eigenvalue weighted by molar-refractivity contribution is 5.33. The van der Waals surface area contributed by atoms with Crippen LogP contribution in [0.3, 0.4) is 0 Å². The number of rotatable bonds is 5. The van der Waals surface area contributed by atoms with Gasteiger partial charge in [0.2, 0.25) is 5.88 Å². The van der Waals surface area contributed by atoms with Crippen LogP contribution in [-0.2, 0) is 0 Å². The molecule has 5 heteroatoms. The molecule has 1 aliphatic rings. The normalized spacial score (nSPS) is 19.8. The predicted octanol–water partition coefficient (Wildman–Crippen LogP) is 1.68. The molecular formula is C13H22N4O. The molecule has 1 aliphatic heterocycles. The lowest BCUT2D eigenvalue weighted by atomic mass is 10.00. The number of nitrogens with one attached hydrogen (secondary N) is 2. The first-order valence-electron chi connectivity index (χ1n) is 6.67. The third-order valence-electron chi connectivity index (χ3n) is 2.94. The van der Waals surface area contributed by atoms with Crippen molar-refractivity contribution in [3.8, 4) is 5.88 Å². The van der Waals surface area contributed by atoms with Gasteiger partial charge in [-0.3, -0.25) is 4.98 Å². The van der Waals surface area contributed by atoms with Crippen LogP contribution in [0.25, 0.3) is 0 Å². The van der Waals surface area contributed by atoms with Crippen LogP contribution < -0.4 is 15.4 Å². The number of hydrogen-bond donors (Lipinski definition) is 2. The Bertz CT molecular complexity index is 364. The zero-order chi connectivity index (χ0) is 12.8. The maximum Gasteiger partial charge on any atom is 0.234 e. The molecule has 2 heterocycles.